The number of H-pyrrole nitrogens is 1. The van der Waals surface area contributed by atoms with Crippen molar-refractivity contribution in [2.45, 2.75) is 31.7 Å². The van der Waals surface area contributed by atoms with E-state index in [2.05, 4.69) is 27.5 Å². The highest BCUT2D eigenvalue weighted by molar-refractivity contribution is 5.82. The lowest BCUT2D eigenvalue weighted by molar-refractivity contribution is 0.240. The average molecular weight is 281 g/mol. The van der Waals surface area contributed by atoms with E-state index in [0.29, 0.717) is 0 Å². The largest absolute Gasteiger partial charge is 0.338 e. The maximum absolute atomic E-state index is 6.33. The summed E-state index contributed by atoms with van der Waals surface area (Å²) in [6.07, 6.45) is 5.03. The molecule has 0 aliphatic heterocycles. The molecule has 0 radical (unpaired) electrons. The van der Waals surface area contributed by atoms with Gasteiger partial charge < -0.3 is 15.3 Å². The summed E-state index contributed by atoms with van der Waals surface area (Å²) in [5.74, 6) is 1.79. The maximum Gasteiger partial charge on any atom is 0.159 e. The van der Waals surface area contributed by atoms with Crippen LogP contribution in [0.5, 0.6) is 0 Å². The summed E-state index contributed by atoms with van der Waals surface area (Å²) < 4.78 is 2.12. The molecule has 108 valence electrons. The molecule has 4 rings (SSSR count). The fourth-order valence-electron chi connectivity index (χ4n) is 3.19. The number of fused-ring (bicyclic) bond motifs is 1. The molecular formula is C16H19N5. The quantitative estimate of drug-likeness (QED) is 0.758. The van der Waals surface area contributed by atoms with Gasteiger partial charge in [-0.15, -0.1) is 0 Å². The van der Waals surface area contributed by atoms with Crippen LogP contribution in [0.15, 0.2) is 24.4 Å². The molecule has 2 heterocycles. The normalized spacial score (nSPS) is 17.1. The molecular weight excluding hydrogens is 262 g/mol. The Kier molecular flexibility index (Phi) is 2.50. The Morgan fingerprint density at radius 3 is 2.81 bits per heavy atom. The van der Waals surface area contributed by atoms with Crippen molar-refractivity contribution < 1.29 is 0 Å². The van der Waals surface area contributed by atoms with Crippen LogP contribution in [0.4, 0.5) is 0 Å². The van der Waals surface area contributed by atoms with Gasteiger partial charge in [0.25, 0.3) is 0 Å². The van der Waals surface area contributed by atoms with Gasteiger partial charge in [0.15, 0.2) is 5.82 Å². The number of rotatable bonds is 2. The molecule has 0 atom stereocenters. The molecule has 21 heavy (non-hydrogen) atoms. The molecule has 0 bridgehead atoms. The van der Waals surface area contributed by atoms with Crippen molar-refractivity contribution in [1.82, 2.24) is 19.5 Å². The second-order valence-electron chi connectivity index (χ2n) is 6.09. The number of nitrogens with one attached hydrogen (secondary N) is 1. The third-order valence-corrected chi connectivity index (χ3v) is 4.63. The lowest BCUT2D eigenvalue weighted by Crippen LogP contribution is -2.44. The number of hydrogen-bond donors (Lipinski definition) is 2. The number of nitrogens with zero attached hydrogens (tertiary/aromatic N) is 3. The molecule has 1 fully saturated rings. The fourth-order valence-corrected chi connectivity index (χ4v) is 3.19. The third kappa shape index (κ3) is 1.74. The van der Waals surface area contributed by atoms with Crippen molar-refractivity contribution in [3.8, 4) is 11.5 Å². The number of imidazole rings is 2. The first kappa shape index (κ1) is 12.6. The van der Waals surface area contributed by atoms with E-state index in [1.165, 1.54) is 12.0 Å². The van der Waals surface area contributed by atoms with Crippen LogP contribution in [-0.4, -0.2) is 19.5 Å². The number of aromatic nitrogens is 4. The third-order valence-electron chi connectivity index (χ3n) is 4.63. The zero-order chi connectivity index (χ0) is 14.6. The van der Waals surface area contributed by atoms with Crippen LogP contribution >= 0.6 is 0 Å². The van der Waals surface area contributed by atoms with Gasteiger partial charge in [-0.05, 0) is 37.8 Å². The highest BCUT2D eigenvalue weighted by atomic mass is 15.1. The first-order valence-electron chi connectivity index (χ1n) is 7.35. The fraction of sp³-hybridized carbons (Fsp3) is 0.375. The van der Waals surface area contributed by atoms with Crippen molar-refractivity contribution in [3.63, 3.8) is 0 Å². The minimum absolute atomic E-state index is 0.265. The van der Waals surface area contributed by atoms with Gasteiger partial charge in [-0.1, -0.05) is 12.1 Å². The molecule has 3 N–H and O–H groups in total. The second kappa shape index (κ2) is 4.18. The molecule has 2 aromatic heterocycles. The van der Waals surface area contributed by atoms with Crippen molar-refractivity contribution in [1.29, 1.82) is 0 Å². The molecule has 0 unspecified atom stereocenters. The molecule has 0 spiro atoms. The average Bonchev–Trinajstić information content (AvgIpc) is 3.02. The highest BCUT2D eigenvalue weighted by Gasteiger charge is 2.37. The van der Waals surface area contributed by atoms with E-state index in [4.69, 9.17) is 10.7 Å². The van der Waals surface area contributed by atoms with E-state index in [1.807, 2.05) is 25.4 Å². The predicted molar refractivity (Wildman–Crippen MR) is 82.7 cm³/mol. The summed E-state index contributed by atoms with van der Waals surface area (Å²) in [7, 11) is 2.04. The van der Waals surface area contributed by atoms with Crippen LogP contribution in [0.1, 0.15) is 30.7 Å². The Balaban J connectivity index is 1.84. The van der Waals surface area contributed by atoms with Gasteiger partial charge in [-0.2, -0.15) is 0 Å². The molecule has 1 saturated carbocycles. The Hall–Kier alpha value is -2.14. The summed E-state index contributed by atoms with van der Waals surface area (Å²) in [6, 6.07) is 6.19. The Morgan fingerprint density at radius 1 is 1.33 bits per heavy atom. The smallest absolute Gasteiger partial charge is 0.159 e. The van der Waals surface area contributed by atoms with E-state index < -0.39 is 0 Å². The van der Waals surface area contributed by atoms with Gasteiger partial charge in [0.05, 0.1) is 22.8 Å². The molecule has 0 amide bonds. The molecule has 1 aromatic carbocycles. The molecule has 1 aliphatic carbocycles. The van der Waals surface area contributed by atoms with Crippen molar-refractivity contribution in [3.05, 3.63) is 35.8 Å². The molecule has 1 aliphatic rings. The Bertz CT molecular complexity index is 822. The molecule has 5 nitrogen and oxygen atoms in total. The zero-order valence-electron chi connectivity index (χ0n) is 12.3. The predicted octanol–water partition coefficient (Wildman–Crippen LogP) is 2.61. The van der Waals surface area contributed by atoms with E-state index in [1.54, 1.807) is 0 Å². The lowest BCUT2D eigenvalue weighted by Gasteiger charge is -2.35. The van der Waals surface area contributed by atoms with E-state index in [0.717, 1.165) is 41.2 Å². The SMILES string of the molecule is Cc1cccc2nc(-c3cnc(C4(N)CCC4)[nH]3)n(C)c12. The lowest BCUT2D eigenvalue weighted by atomic mass is 9.77. The molecule has 3 aromatic rings. The summed E-state index contributed by atoms with van der Waals surface area (Å²) in [6.45, 7) is 2.11. The number of hydrogen-bond acceptors (Lipinski definition) is 3. The Morgan fingerprint density at radius 2 is 2.14 bits per heavy atom. The van der Waals surface area contributed by atoms with Crippen LogP contribution in [0.25, 0.3) is 22.6 Å². The van der Waals surface area contributed by atoms with Crippen LogP contribution in [0, 0.1) is 6.92 Å². The first-order chi connectivity index (χ1) is 10.1. The molecule has 0 saturated heterocycles. The van der Waals surface area contributed by atoms with Gasteiger partial charge in [0.1, 0.15) is 11.5 Å². The summed E-state index contributed by atoms with van der Waals surface area (Å²) in [5.41, 5.74) is 10.4. The van der Waals surface area contributed by atoms with Gasteiger partial charge >= 0.3 is 0 Å². The van der Waals surface area contributed by atoms with E-state index in [9.17, 15) is 0 Å². The Labute approximate surface area is 123 Å². The van der Waals surface area contributed by atoms with Crippen molar-refractivity contribution in [2.75, 3.05) is 0 Å². The maximum atomic E-state index is 6.33. The molecule has 5 heteroatoms. The minimum Gasteiger partial charge on any atom is -0.338 e. The number of para-hydroxylation sites is 1. The van der Waals surface area contributed by atoms with Gasteiger partial charge in [-0.3, -0.25) is 0 Å². The van der Waals surface area contributed by atoms with Crippen LogP contribution in [0.2, 0.25) is 0 Å². The highest BCUT2D eigenvalue weighted by Crippen LogP contribution is 2.37. The van der Waals surface area contributed by atoms with Gasteiger partial charge in [0, 0.05) is 7.05 Å². The first-order valence-corrected chi connectivity index (χ1v) is 7.35. The van der Waals surface area contributed by atoms with E-state index >= 15 is 0 Å². The van der Waals surface area contributed by atoms with Crippen molar-refractivity contribution in [2.24, 2.45) is 12.8 Å². The van der Waals surface area contributed by atoms with Crippen molar-refractivity contribution >= 4 is 11.0 Å². The van der Waals surface area contributed by atoms with Gasteiger partial charge in [0.2, 0.25) is 0 Å². The summed E-state index contributed by atoms with van der Waals surface area (Å²) >= 11 is 0. The van der Waals surface area contributed by atoms with Gasteiger partial charge in [-0.25, -0.2) is 9.97 Å². The monoisotopic (exact) mass is 281 g/mol. The topological polar surface area (TPSA) is 72.5 Å². The van der Waals surface area contributed by atoms with Crippen LogP contribution in [0.3, 0.4) is 0 Å². The number of aromatic amines is 1. The number of benzene rings is 1. The van der Waals surface area contributed by atoms with E-state index in [-0.39, 0.29) is 5.54 Å². The summed E-state index contributed by atoms with van der Waals surface area (Å²) in [5, 5.41) is 0. The second-order valence-corrected chi connectivity index (χ2v) is 6.09. The summed E-state index contributed by atoms with van der Waals surface area (Å²) in [4.78, 5) is 12.6. The minimum atomic E-state index is -0.265. The van der Waals surface area contributed by atoms with Crippen LogP contribution in [-0.2, 0) is 12.6 Å². The van der Waals surface area contributed by atoms with Crippen LogP contribution < -0.4 is 5.73 Å². The zero-order valence-corrected chi connectivity index (χ0v) is 12.3. The standard InChI is InChI=1S/C16H19N5/c1-10-5-3-6-11-13(10)21(2)14(19-11)12-9-18-15(20-12)16(17)7-4-8-16/h3,5-6,9H,4,7-8,17H2,1-2H3,(H,18,20). The number of nitrogens with two attached hydrogens (primary N) is 1. The number of aryl methyl sites for hydroxylation is 2.